The smallest absolute Gasteiger partial charge is 0.387 e. The Bertz CT molecular complexity index is 368. The number of rotatable bonds is 6. The second-order valence-corrected chi connectivity index (χ2v) is 4.68. The summed E-state index contributed by atoms with van der Waals surface area (Å²) in [4.78, 5) is 0. The maximum absolute atomic E-state index is 12.0. The fraction of sp³-hybridized carbons (Fsp3) is 0.400. The van der Waals surface area contributed by atoms with Crippen LogP contribution in [0, 0.1) is 3.57 Å². The molecule has 0 amide bonds. The Kier molecular flexibility index (Phi) is 6.21. The second-order valence-electron chi connectivity index (χ2n) is 3.21. The maximum Gasteiger partial charge on any atom is 0.387 e. The monoisotopic (exact) mass is 377 g/mol. The second kappa shape index (κ2) is 7.17. The van der Waals surface area contributed by atoms with Crippen molar-refractivity contribution in [1.82, 2.24) is 0 Å². The van der Waals surface area contributed by atoms with Crippen molar-refractivity contribution in [3.63, 3.8) is 0 Å². The summed E-state index contributed by atoms with van der Waals surface area (Å²) in [6.07, 6.45) is -0.649. The molecule has 1 rings (SSSR count). The van der Waals surface area contributed by atoms with Gasteiger partial charge in [0.15, 0.2) is 0 Å². The Morgan fingerprint density at radius 3 is 2.71 bits per heavy atom. The van der Waals surface area contributed by atoms with Crippen LogP contribution in [0.15, 0.2) is 18.2 Å². The van der Waals surface area contributed by atoms with Crippen LogP contribution < -0.4 is 10.1 Å². The molecule has 0 bridgehead atoms. The molecule has 0 aliphatic carbocycles. The molecule has 0 saturated carbocycles. The van der Waals surface area contributed by atoms with Crippen LogP contribution in [-0.4, -0.2) is 30.2 Å². The number of anilines is 1. The fourth-order valence-corrected chi connectivity index (χ4v) is 1.88. The van der Waals surface area contributed by atoms with Gasteiger partial charge in [-0.1, -0.05) is 0 Å². The lowest BCUT2D eigenvalue weighted by atomic mass is 10.3. The number of halogens is 4. The largest absolute Gasteiger partial charge is 0.435 e. The van der Waals surface area contributed by atoms with Crippen LogP contribution in [0.3, 0.4) is 0 Å². The quantitative estimate of drug-likeness (QED) is 0.592. The number of alkyl halides is 3. The van der Waals surface area contributed by atoms with E-state index in [0.29, 0.717) is 6.54 Å². The lowest BCUT2D eigenvalue weighted by molar-refractivity contribution is -0.0498. The Balaban J connectivity index is 2.63. The Labute approximate surface area is 116 Å². The standard InChI is InChI=1S/C10H11ClF2INO2/c11-4-6(16)5-15-9-2-1-7(3-8(9)14)17-10(12)13/h1-3,6,10,15-16H,4-5H2. The molecule has 2 N–H and O–H groups in total. The Hall–Kier alpha value is -0.340. The zero-order valence-electron chi connectivity index (χ0n) is 8.67. The lowest BCUT2D eigenvalue weighted by Gasteiger charge is -2.12. The highest BCUT2D eigenvalue weighted by Crippen LogP contribution is 2.24. The number of ether oxygens (including phenoxy) is 1. The minimum atomic E-state index is -2.83. The molecule has 0 aliphatic heterocycles. The lowest BCUT2D eigenvalue weighted by Crippen LogP contribution is -2.21. The van der Waals surface area contributed by atoms with E-state index >= 15 is 0 Å². The van der Waals surface area contributed by atoms with E-state index in [2.05, 4.69) is 10.1 Å². The van der Waals surface area contributed by atoms with E-state index in [1.54, 1.807) is 6.07 Å². The summed E-state index contributed by atoms with van der Waals surface area (Å²) in [5.74, 6) is 0.240. The van der Waals surface area contributed by atoms with Gasteiger partial charge in [-0.15, -0.1) is 11.6 Å². The van der Waals surface area contributed by atoms with Gasteiger partial charge in [0.25, 0.3) is 0 Å². The molecule has 1 aromatic rings. The van der Waals surface area contributed by atoms with Crippen LogP contribution in [0.1, 0.15) is 0 Å². The van der Waals surface area contributed by atoms with Gasteiger partial charge in [-0.25, -0.2) is 0 Å². The van der Waals surface area contributed by atoms with Crippen LogP contribution >= 0.6 is 34.2 Å². The number of hydrogen-bond donors (Lipinski definition) is 2. The SMILES string of the molecule is OC(CCl)CNc1ccc(OC(F)F)cc1I. The van der Waals surface area contributed by atoms with Crippen molar-refractivity contribution in [3.05, 3.63) is 21.8 Å². The molecule has 3 nitrogen and oxygen atoms in total. The minimum absolute atomic E-state index is 0.104. The van der Waals surface area contributed by atoms with Crippen molar-refractivity contribution in [3.8, 4) is 5.75 Å². The number of hydrogen-bond acceptors (Lipinski definition) is 3. The van der Waals surface area contributed by atoms with Crippen LogP contribution in [0.2, 0.25) is 0 Å². The molecule has 0 aromatic heterocycles. The van der Waals surface area contributed by atoms with Gasteiger partial charge in [0, 0.05) is 15.8 Å². The predicted octanol–water partition coefficient (Wildman–Crippen LogP) is 2.90. The van der Waals surface area contributed by atoms with Crippen molar-refractivity contribution >= 4 is 39.9 Å². The van der Waals surface area contributed by atoms with E-state index in [1.807, 2.05) is 22.6 Å². The summed E-state index contributed by atoms with van der Waals surface area (Å²) in [7, 11) is 0. The third-order valence-electron chi connectivity index (χ3n) is 1.87. The molecule has 0 spiro atoms. The fourth-order valence-electron chi connectivity index (χ4n) is 1.10. The summed E-state index contributed by atoms with van der Waals surface area (Å²) in [6, 6.07) is 4.53. The van der Waals surface area contributed by atoms with Crippen molar-refractivity contribution in [2.75, 3.05) is 17.7 Å². The first kappa shape index (κ1) is 14.7. The van der Waals surface area contributed by atoms with Gasteiger partial charge in [-0.3, -0.25) is 0 Å². The van der Waals surface area contributed by atoms with Crippen molar-refractivity contribution in [2.45, 2.75) is 12.7 Å². The molecule has 96 valence electrons. The highest BCUT2D eigenvalue weighted by atomic mass is 127. The molecule has 1 unspecified atom stereocenters. The zero-order valence-corrected chi connectivity index (χ0v) is 11.6. The molecule has 1 atom stereocenters. The van der Waals surface area contributed by atoms with Crippen molar-refractivity contribution in [1.29, 1.82) is 0 Å². The first-order chi connectivity index (χ1) is 8.02. The van der Waals surface area contributed by atoms with E-state index in [1.165, 1.54) is 12.1 Å². The van der Waals surface area contributed by atoms with E-state index in [-0.39, 0.29) is 11.6 Å². The van der Waals surface area contributed by atoms with Crippen LogP contribution in [0.5, 0.6) is 5.75 Å². The van der Waals surface area contributed by atoms with Gasteiger partial charge < -0.3 is 15.2 Å². The van der Waals surface area contributed by atoms with Crippen LogP contribution in [0.25, 0.3) is 0 Å². The molecule has 17 heavy (non-hydrogen) atoms. The average molecular weight is 378 g/mol. The van der Waals surface area contributed by atoms with Gasteiger partial charge in [0.05, 0.1) is 12.0 Å². The highest BCUT2D eigenvalue weighted by Gasteiger charge is 2.08. The minimum Gasteiger partial charge on any atom is -0.435 e. The molecule has 0 radical (unpaired) electrons. The summed E-state index contributed by atoms with van der Waals surface area (Å²) >= 11 is 7.43. The van der Waals surface area contributed by atoms with Gasteiger partial charge in [-0.2, -0.15) is 8.78 Å². The summed E-state index contributed by atoms with van der Waals surface area (Å²) in [5.41, 5.74) is 0.733. The molecule has 7 heteroatoms. The topological polar surface area (TPSA) is 41.5 Å². The zero-order chi connectivity index (χ0) is 12.8. The molecule has 0 heterocycles. The first-order valence-electron chi connectivity index (χ1n) is 4.75. The number of aliphatic hydroxyl groups excluding tert-OH is 1. The van der Waals surface area contributed by atoms with Crippen LogP contribution in [0.4, 0.5) is 14.5 Å². The van der Waals surface area contributed by atoms with E-state index < -0.39 is 12.7 Å². The molecule has 1 aromatic carbocycles. The van der Waals surface area contributed by atoms with Crippen molar-refractivity contribution < 1.29 is 18.6 Å². The summed E-state index contributed by atoms with van der Waals surface area (Å²) in [5, 5.41) is 12.2. The van der Waals surface area contributed by atoms with Crippen LogP contribution in [-0.2, 0) is 0 Å². The van der Waals surface area contributed by atoms with Crippen molar-refractivity contribution in [2.24, 2.45) is 0 Å². The maximum atomic E-state index is 12.0. The third kappa shape index (κ3) is 5.22. The molecular formula is C10H11ClF2INO2. The molecular weight excluding hydrogens is 366 g/mol. The normalized spacial score (nSPS) is 12.6. The van der Waals surface area contributed by atoms with E-state index in [4.69, 9.17) is 11.6 Å². The highest BCUT2D eigenvalue weighted by molar-refractivity contribution is 14.1. The first-order valence-corrected chi connectivity index (χ1v) is 6.36. The van der Waals surface area contributed by atoms with Gasteiger partial charge in [0.1, 0.15) is 5.75 Å². The molecule has 0 fully saturated rings. The Morgan fingerprint density at radius 2 is 2.18 bits per heavy atom. The number of aliphatic hydroxyl groups is 1. The average Bonchev–Trinajstić information content (AvgIpc) is 2.26. The van der Waals surface area contributed by atoms with Gasteiger partial charge >= 0.3 is 6.61 Å². The summed E-state index contributed by atoms with van der Waals surface area (Å²) < 4.78 is 28.9. The van der Waals surface area contributed by atoms with Gasteiger partial charge in [0.2, 0.25) is 0 Å². The molecule has 0 aliphatic rings. The van der Waals surface area contributed by atoms with E-state index in [9.17, 15) is 13.9 Å². The van der Waals surface area contributed by atoms with Gasteiger partial charge in [-0.05, 0) is 40.8 Å². The predicted molar refractivity (Wildman–Crippen MR) is 71.0 cm³/mol. The number of benzene rings is 1. The Morgan fingerprint density at radius 1 is 1.47 bits per heavy atom. The third-order valence-corrected chi connectivity index (χ3v) is 3.12. The van der Waals surface area contributed by atoms with E-state index in [0.717, 1.165) is 9.26 Å². The molecule has 0 saturated heterocycles. The summed E-state index contributed by atoms with van der Waals surface area (Å²) in [6.45, 7) is -2.53. The number of nitrogens with one attached hydrogen (secondary N) is 1.